The first-order valence-corrected chi connectivity index (χ1v) is 43.8. The maximum Gasteiger partial charge on any atom is -1.00 e. The Morgan fingerprint density at radius 3 is 0.329 bits per heavy atom. The van der Waals surface area contributed by atoms with Crippen LogP contribution in [0.5, 0.6) is 0 Å². The summed E-state index contributed by atoms with van der Waals surface area (Å²) in [5.41, 5.74) is 0. The molecule has 12 heteroatoms. The van der Waals surface area contributed by atoms with Crippen molar-refractivity contribution in [1.82, 2.24) is 0 Å². The van der Waals surface area contributed by atoms with Gasteiger partial charge in [0.25, 0.3) is 0 Å². The van der Waals surface area contributed by atoms with Gasteiger partial charge in [-0.15, -0.1) is 0 Å². The van der Waals surface area contributed by atoms with Crippen LogP contribution >= 0.6 is 85.9 Å². The summed E-state index contributed by atoms with van der Waals surface area (Å²) in [6.45, 7) is 55.4. The number of quaternary nitrogens is 4. The van der Waals surface area contributed by atoms with Gasteiger partial charge < -0.3 is 49.6 Å². The molecule has 0 rings (SSSR count). The molecule has 0 aliphatic rings. The van der Waals surface area contributed by atoms with E-state index in [9.17, 15) is 0 Å². The van der Waals surface area contributed by atoms with Crippen molar-refractivity contribution in [1.29, 1.82) is 0 Å². The summed E-state index contributed by atoms with van der Waals surface area (Å²) >= 11 is 0.683. The Labute approximate surface area is 552 Å². The zero-order valence-corrected chi connectivity index (χ0v) is 67.2. The van der Waals surface area contributed by atoms with Gasteiger partial charge in [0.05, 0.1) is 0 Å². The third kappa shape index (κ3) is 59.6. The van der Waals surface area contributed by atoms with E-state index in [-0.39, 0.29) is 136 Å². The number of nitrogens with zero attached hydrogens (tertiary/aromatic N) is 4. The van der Waals surface area contributed by atoms with Crippen LogP contribution < -0.4 is 49.6 Å². The maximum atomic E-state index is 2.35. The summed E-state index contributed by atoms with van der Waals surface area (Å²) < 4.78 is 12.5. The number of hydrogen-bond donors (Lipinski definition) is 0. The molecule has 0 aromatic heterocycles. The molecule has 4 nitrogen and oxygen atoms in total. The number of unbranched alkanes of at least 4 members (excludes halogenated alkanes) is 16. The van der Waals surface area contributed by atoms with Crippen LogP contribution in [0.25, 0.3) is 0 Å². The third-order valence-corrected chi connectivity index (χ3v) is 32.4. The van der Waals surface area contributed by atoms with E-state index in [1.165, 1.54) is 284 Å². The Balaban J connectivity index is -0.000000133. The van der Waals surface area contributed by atoms with Crippen LogP contribution in [0.15, 0.2) is 0 Å². The SMILES string of the molecule is CCCC[IH][N+](CCCC)(CCCC)CCCC.CCCC[IH][N+](CCCC)(CCCC)CCCC.CCCC[IH][N+](CCCC)(CCCC)CCCC.CCCC[IH][N+](CCCC)(CCCC)CCCC.[Cl-].[Cl-].[Cl-].[Cl-]. The smallest absolute Gasteiger partial charge is 1.00 e. The molecular weight excluding hydrogens is 1470 g/mol. The molecule has 0 fully saturated rings. The summed E-state index contributed by atoms with van der Waals surface area (Å²) in [5.74, 6) is 0. The van der Waals surface area contributed by atoms with Crippen LogP contribution in [-0.2, 0) is 0 Å². The predicted molar refractivity (Wildman–Crippen MR) is 379 cm³/mol. The van der Waals surface area contributed by atoms with Crippen molar-refractivity contribution in [2.24, 2.45) is 0 Å². The van der Waals surface area contributed by atoms with E-state index in [1.54, 1.807) is 28.5 Å². The van der Waals surface area contributed by atoms with Gasteiger partial charge in [0.15, 0.2) is 0 Å². The predicted octanol–water partition coefficient (Wildman–Crippen LogP) is 10.5. The van der Waals surface area contributed by atoms with Crippen molar-refractivity contribution >= 4 is 85.9 Å². The Morgan fingerprint density at radius 1 is 0.158 bits per heavy atom. The molecular formula is C64H148Cl4I4N4. The first kappa shape index (κ1) is 96.2. The van der Waals surface area contributed by atoms with E-state index < -0.39 is 0 Å². The summed E-state index contributed by atoms with van der Waals surface area (Å²) in [6.07, 6.45) is 45.3. The molecule has 0 bridgehead atoms. The van der Waals surface area contributed by atoms with E-state index in [1.807, 2.05) is 0 Å². The van der Waals surface area contributed by atoms with Crippen LogP contribution in [0, 0.1) is 0 Å². The normalized spacial score (nSPS) is 11.6. The molecule has 0 aromatic rings. The van der Waals surface area contributed by atoms with Crippen molar-refractivity contribution < 1.29 is 60.4 Å². The molecule has 0 heterocycles. The molecule has 480 valence electrons. The van der Waals surface area contributed by atoms with E-state index in [0.717, 1.165) is 0 Å². The zero-order valence-electron chi connectivity index (χ0n) is 54.9. The van der Waals surface area contributed by atoms with Crippen molar-refractivity contribution in [2.45, 2.75) is 316 Å². The summed E-state index contributed by atoms with van der Waals surface area (Å²) in [6, 6.07) is 0. The maximum absolute atomic E-state index is 2.35. The Bertz CT molecular complexity index is 769. The summed E-state index contributed by atoms with van der Waals surface area (Å²) in [7, 11) is 0. The fraction of sp³-hybridized carbons (Fsp3) is 1.00. The van der Waals surface area contributed by atoms with Gasteiger partial charge in [0.1, 0.15) is 0 Å². The van der Waals surface area contributed by atoms with Gasteiger partial charge in [-0.1, -0.05) is 0 Å². The number of hydrogen-bond acceptors (Lipinski definition) is 0. The Hall–Kier alpha value is 3.92. The number of halogens is 8. The van der Waals surface area contributed by atoms with Crippen LogP contribution in [0.4, 0.5) is 0 Å². The van der Waals surface area contributed by atoms with E-state index in [0.29, 0.717) is 0 Å². The van der Waals surface area contributed by atoms with E-state index >= 15 is 0 Å². The largest absolute Gasteiger partial charge is 1.00 e. The minimum atomic E-state index is 0. The second kappa shape index (κ2) is 75.0. The minimum absolute atomic E-state index is 0. The molecule has 0 saturated carbocycles. The fourth-order valence-corrected chi connectivity index (χ4v) is 27.1. The molecule has 0 unspecified atom stereocenters. The van der Waals surface area contributed by atoms with Gasteiger partial charge in [0.2, 0.25) is 0 Å². The topological polar surface area (TPSA) is 0 Å². The Morgan fingerprint density at radius 2 is 0.250 bits per heavy atom. The fourth-order valence-electron chi connectivity index (χ4n) is 9.08. The first-order valence-electron chi connectivity index (χ1n) is 33.0. The molecule has 0 N–H and O–H groups in total. The molecule has 0 radical (unpaired) electrons. The summed E-state index contributed by atoms with van der Waals surface area (Å²) in [5, 5.41) is 0. The molecule has 0 saturated heterocycles. The van der Waals surface area contributed by atoms with Crippen LogP contribution in [0.1, 0.15) is 316 Å². The van der Waals surface area contributed by atoms with E-state index in [2.05, 4.69) is 111 Å². The van der Waals surface area contributed by atoms with Gasteiger partial charge in [-0.3, -0.25) is 0 Å². The molecule has 0 aliphatic heterocycles. The molecule has 76 heavy (non-hydrogen) atoms. The van der Waals surface area contributed by atoms with Crippen molar-refractivity contribution in [3.05, 3.63) is 0 Å². The Kier molecular flexibility index (Phi) is 95.0. The first-order chi connectivity index (χ1) is 35.0. The van der Waals surface area contributed by atoms with E-state index in [4.69, 9.17) is 0 Å². The van der Waals surface area contributed by atoms with Crippen LogP contribution in [0.2, 0.25) is 0 Å². The standard InChI is InChI=1S/4C16H37IN.4ClH/c4*1-5-9-13-17-18(14-10-6-2,15-11-7-3)16-12-8-4;;;;/h4*17H,5-16H2,1-4H3;4*1H/q4*+1;;;;/p-4. The van der Waals surface area contributed by atoms with Crippen LogP contribution in [0.3, 0.4) is 0 Å². The zero-order chi connectivity index (χ0) is 54.8. The second-order valence-electron chi connectivity index (χ2n) is 21.9. The van der Waals surface area contributed by atoms with Gasteiger partial charge in [-0.2, -0.15) is 0 Å². The van der Waals surface area contributed by atoms with Crippen molar-refractivity contribution in [2.75, 3.05) is 96.2 Å². The number of rotatable bonds is 52. The van der Waals surface area contributed by atoms with Crippen molar-refractivity contribution in [3.63, 3.8) is 0 Å². The molecule has 0 spiro atoms. The van der Waals surface area contributed by atoms with Gasteiger partial charge >= 0.3 is 509 Å². The van der Waals surface area contributed by atoms with Gasteiger partial charge in [-0.25, -0.2) is 0 Å². The molecule has 0 aromatic carbocycles. The minimum Gasteiger partial charge on any atom is -1.00 e. The summed E-state index contributed by atoms with van der Waals surface area (Å²) in [4.78, 5) is 0. The van der Waals surface area contributed by atoms with Crippen molar-refractivity contribution in [3.8, 4) is 0 Å². The quantitative estimate of drug-likeness (QED) is 0.0247. The second-order valence-corrected chi connectivity index (χ2v) is 38.4. The average Bonchev–Trinajstić information content (AvgIpc) is 3.40. The average molecular weight is 1620 g/mol. The van der Waals surface area contributed by atoms with Gasteiger partial charge in [-0.05, 0) is 0 Å². The monoisotopic (exact) mass is 1620 g/mol. The third-order valence-electron chi connectivity index (χ3n) is 14.5. The van der Waals surface area contributed by atoms with Crippen LogP contribution in [-0.4, -0.2) is 107 Å². The molecule has 0 atom stereocenters. The van der Waals surface area contributed by atoms with Gasteiger partial charge in [0, 0.05) is 0 Å². The number of alkyl halides is 4. The molecule has 0 amide bonds. The molecule has 0 aliphatic carbocycles.